The number of aromatic amines is 1. The summed E-state index contributed by atoms with van der Waals surface area (Å²) < 4.78 is 7.17. The van der Waals surface area contributed by atoms with Crippen molar-refractivity contribution in [3.8, 4) is 17.1 Å². The predicted octanol–water partition coefficient (Wildman–Crippen LogP) is 4.43. The van der Waals surface area contributed by atoms with E-state index in [9.17, 15) is 9.59 Å². The van der Waals surface area contributed by atoms with Crippen molar-refractivity contribution in [2.24, 2.45) is 5.92 Å². The first kappa shape index (κ1) is 20.2. The van der Waals surface area contributed by atoms with Crippen LogP contribution in [0.3, 0.4) is 0 Å². The van der Waals surface area contributed by atoms with Gasteiger partial charge in [0.05, 0.1) is 11.3 Å². The summed E-state index contributed by atoms with van der Waals surface area (Å²) in [6, 6.07) is 18.2. The zero-order valence-electron chi connectivity index (χ0n) is 17.7. The Kier molecular flexibility index (Phi) is 5.54. The molecule has 0 unspecified atom stereocenters. The van der Waals surface area contributed by atoms with Crippen molar-refractivity contribution < 1.29 is 9.53 Å². The van der Waals surface area contributed by atoms with Crippen molar-refractivity contribution in [1.82, 2.24) is 19.6 Å². The molecule has 7 nitrogen and oxygen atoms in total. The van der Waals surface area contributed by atoms with E-state index < -0.39 is 0 Å². The lowest BCUT2D eigenvalue weighted by molar-refractivity contribution is 0.0974. The molecule has 1 aliphatic rings. The van der Waals surface area contributed by atoms with Crippen molar-refractivity contribution in [3.63, 3.8) is 0 Å². The Hall–Kier alpha value is -3.74. The Balaban J connectivity index is 1.32. The molecule has 5 rings (SSSR count). The number of hydrogen-bond donors (Lipinski definition) is 1. The average molecular weight is 428 g/mol. The van der Waals surface area contributed by atoms with Crippen LogP contribution in [0.5, 0.6) is 5.75 Å². The fourth-order valence-electron chi connectivity index (χ4n) is 3.79. The minimum absolute atomic E-state index is 0.0927. The van der Waals surface area contributed by atoms with Crippen LogP contribution < -0.4 is 10.3 Å². The molecule has 1 fully saturated rings. The number of nitrogens with one attached hydrogen (secondary N) is 1. The van der Waals surface area contributed by atoms with E-state index in [4.69, 9.17) is 4.74 Å². The minimum atomic E-state index is -0.295. The summed E-state index contributed by atoms with van der Waals surface area (Å²) in [7, 11) is 0. The number of hydrogen-bond acceptors (Lipinski definition) is 5. The lowest BCUT2D eigenvalue weighted by Gasteiger charge is -2.11. The number of ether oxygens (including phenoxy) is 1. The molecule has 32 heavy (non-hydrogen) atoms. The molecule has 7 heteroatoms. The van der Waals surface area contributed by atoms with Crippen LogP contribution in [0, 0.1) is 5.92 Å². The summed E-state index contributed by atoms with van der Waals surface area (Å²) in [6.07, 6.45) is 5.17. The first-order valence-electron chi connectivity index (χ1n) is 11.0. The second-order valence-corrected chi connectivity index (χ2v) is 8.21. The van der Waals surface area contributed by atoms with E-state index in [0.717, 1.165) is 24.3 Å². The van der Waals surface area contributed by atoms with Gasteiger partial charge in [0.15, 0.2) is 11.6 Å². The van der Waals surface area contributed by atoms with Gasteiger partial charge in [0.2, 0.25) is 5.78 Å². The molecule has 1 aliphatic carbocycles. The molecular formula is C25H24N4O3. The van der Waals surface area contributed by atoms with Crippen LogP contribution in [0.2, 0.25) is 0 Å². The zero-order valence-corrected chi connectivity index (χ0v) is 17.7. The van der Waals surface area contributed by atoms with Gasteiger partial charge in [-0.15, -0.1) is 5.10 Å². The number of carbonyl (C=O) groups excluding carboxylic acids is 1. The van der Waals surface area contributed by atoms with Gasteiger partial charge in [-0.05, 0) is 24.5 Å². The van der Waals surface area contributed by atoms with Gasteiger partial charge in [-0.2, -0.15) is 9.50 Å². The van der Waals surface area contributed by atoms with Crippen LogP contribution in [0.4, 0.5) is 0 Å². The lowest BCUT2D eigenvalue weighted by Crippen LogP contribution is -2.17. The SMILES string of the molecule is O=C(CCCC1CC1)c1ccccc1OCc1cc(=O)n2nc(-c3ccccc3)nc2[nH]1. The summed E-state index contributed by atoms with van der Waals surface area (Å²) in [6.45, 7) is 0.117. The van der Waals surface area contributed by atoms with Gasteiger partial charge in [0.1, 0.15) is 12.4 Å². The van der Waals surface area contributed by atoms with E-state index in [2.05, 4.69) is 15.1 Å². The Morgan fingerprint density at radius 1 is 1.09 bits per heavy atom. The number of aromatic nitrogens is 4. The van der Waals surface area contributed by atoms with Crippen LogP contribution in [0.1, 0.15) is 48.2 Å². The monoisotopic (exact) mass is 428 g/mol. The summed E-state index contributed by atoms with van der Waals surface area (Å²) in [4.78, 5) is 32.8. The molecule has 0 aliphatic heterocycles. The van der Waals surface area contributed by atoms with E-state index in [1.165, 1.54) is 23.4 Å². The maximum absolute atomic E-state index is 12.7. The fourth-order valence-corrected chi connectivity index (χ4v) is 3.79. The van der Waals surface area contributed by atoms with E-state index in [1.807, 2.05) is 42.5 Å². The second kappa shape index (κ2) is 8.78. The Bertz CT molecular complexity index is 1310. The number of nitrogens with zero attached hydrogens (tertiary/aromatic N) is 3. The van der Waals surface area contributed by atoms with Crippen LogP contribution in [-0.2, 0) is 6.61 Å². The van der Waals surface area contributed by atoms with Gasteiger partial charge in [-0.25, -0.2) is 0 Å². The molecule has 0 amide bonds. The fraction of sp³-hybridized carbons (Fsp3) is 0.280. The van der Waals surface area contributed by atoms with Crippen molar-refractivity contribution in [2.45, 2.75) is 38.7 Å². The second-order valence-electron chi connectivity index (χ2n) is 8.21. The smallest absolute Gasteiger partial charge is 0.276 e. The third kappa shape index (κ3) is 4.46. The molecule has 0 saturated heterocycles. The van der Waals surface area contributed by atoms with Gasteiger partial charge in [-0.1, -0.05) is 61.7 Å². The van der Waals surface area contributed by atoms with Crippen LogP contribution >= 0.6 is 0 Å². The number of Topliss-reactive ketones (excluding diaryl/α,β-unsaturated/α-hetero) is 1. The molecule has 0 radical (unpaired) electrons. The highest BCUT2D eigenvalue weighted by atomic mass is 16.5. The molecular weight excluding hydrogens is 404 g/mol. The standard InChI is InChI=1S/C25H24N4O3/c30-21(11-6-7-17-13-14-17)20-10-4-5-12-22(20)32-16-19-15-23(31)29-25(26-19)27-24(28-29)18-8-2-1-3-9-18/h1-5,8-10,12,15,17H,6-7,11,13-14,16H2,(H,26,27,28). The Morgan fingerprint density at radius 3 is 2.69 bits per heavy atom. The maximum atomic E-state index is 12.7. The average Bonchev–Trinajstić information content (AvgIpc) is 3.54. The number of para-hydroxylation sites is 1. The quantitative estimate of drug-likeness (QED) is 0.399. The number of rotatable bonds is 9. The Morgan fingerprint density at radius 2 is 1.88 bits per heavy atom. The molecule has 2 heterocycles. The number of ketones is 1. The number of carbonyl (C=O) groups is 1. The maximum Gasteiger partial charge on any atom is 0.276 e. The topological polar surface area (TPSA) is 89.3 Å². The van der Waals surface area contributed by atoms with Crippen molar-refractivity contribution in [1.29, 1.82) is 0 Å². The number of benzene rings is 2. The van der Waals surface area contributed by atoms with Crippen molar-refractivity contribution in [3.05, 3.63) is 82.3 Å². The van der Waals surface area contributed by atoms with E-state index in [-0.39, 0.29) is 17.9 Å². The van der Waals surface area contributed by atoms with Gasteiger partial charge >= 0.3 is 0 Å². The zero-order chi connectivity index (χ0) is 21.9. The molecule has 4 aromatic rings. The molecule has 2 aromatic carbocycles. The summed E-state index contributed by atoms with van der Waals surface area (Å²) >= 11 is 0. The number of H-pyrrole nitrogens is 1. The van der Waals surface area contributed by atoms with Gasteiger partial charge < -0.3 is 9.72 Å². The van der Waals surface area contributed by atoms with Crippen LogP contribution in [-0.4, -0.2) is 25.4 Å². The third-order valence-electron chi connectivity index (χ3n) is 5.70. The molecule has 1 N–H and O–H groups in total. The first-order chi connectivity index (χ1) is 15.7. The van der Waals surface area contributed by atoms with Crippen molar-refractivity contribution in [2.75, 3.05) is 0 Å². The third-order valence-corrected chi connectivity index (χ3v) is 5.70. The highest BCUT2D eigenvalue weighted by Gasteiger charge is 2.21. The van der Waals surface area contributed by atoms with E-state index in [1.54, 1.807) is 12.1 Å². The van der Waals surface area contributed by atoms with Gasteiger partial charge in [0.25, 0.3) is 5.56 Å². The van der Waals surface area contributed by atoms with E-state index >= 15 is 0 Å². The van der Waals surface area contributed by atoms with Gasteiger partial charge in [-0.3, -0.25) is 9.59 Å². The number of fused-ring (bicyclic) bond motifs is 1. The van der Waals surface area contributed by atoms with E-state index in [0.29, 0.717) is 35.0 Å². The molecule has 1 saturated carbocycles. The molecule has 0 bridgehead atoms. The highest BCUT2D eigenvalue weighted by Crippen LogP contribution is 2.34. The largest absolute Gasteiger partial charge is 0.487 e. The summed E-state index contributed by atoms with van der Waals surface area (Å²) in [5, 5.41) is 4.30. The van der Waals surface area contributed by atoms with Crippen LogP contribution in [0.15, 0.2) is 65.5 Å². The Labute approximate surface area is 185 Å². The molecule has 2 aromatic heterocycles. The normalized spacial score (nSPS) is 13.4. The molecule has 0 atom stereocenters. The van der Waals surface area contributed by atoms with Gasteiger partial charge in [0, 0.05) is 18.1 Å². The van der Waals surface area contributed by atoms with Crippen LogP contribution in [0.25, 0.3) is 17.2 Å². The van der Waals surface area contributed by atoms with Crippen molar-refractivity contribution >= 4 is 11.6 Å². The molecule has 0 spiro atoms. The summed E-state index contributed by atoms with van der Waals surface area (Å²) in [5.41, 5.74) is 1.68. The first-order valence-corrected chi connectivity index (χ1v) is 11.0. The lowest BCUT2D eigenvalue weighted by atomic mass is 10.0. The summed E-state index contributed by atoms with van der Waals surface area (Å²) in [5.74, 6) is 2.25. The highest BCUT2D eigenvalue weighted by molar-refractivity contribution is 5.98. The molecule has 162 valence electrons. The predicted molar refractivity (Wildman–Crippen MR) is 121 cm³/mol. The minimum Gasteiger partial charge on any atom is -0.487 e.